The summed E-state index contributed by atoms with van der Waals surface area (Å²) in [5.74, 6) is 0.584. The standard InChI is InChI=1S/C22H28N4O/c1-4-25(5-2)13-14-26-20-12-7-6-11-19(20)23-22(26)24-21(27)16-18-10-8-9-17(3)15-18/h6-12,15H,4-5,13-14,16H2,1-3H3,(H,23,24,27). The molecule has 0 aliphatic rings. The summed E-state index contributed by atoms with van der Waals surface area (Å²) in [6, 6.07) is 16.1. The van der Waals surface area contributed by atoms with E-state index in [-0.39, 0.29) is 5.91 Å². The van der Waals surface area contributed by atoms with Gasteiger partial charge < -0.3 is 9.47 Å². The Morgan fingerprint density at radius 3 is 2.63 bits per heavy atom. The van der Waals surface area contributed by atoms with Crippen molar-refractivity contribution in [3.63, 3.8) is 0 Å². The van der Waals surface area contributed by atoms with Gasteiger partial charge in [0, 0.05) is 13.1 Å². The number of carbonyl (C=O) groups is 1. The molecule has 0 atom stereocenters. The van der Waals surface area contributed by atoms with Crippen LogP contribution in [0.3, 0.4) is 0 Å². The highest BCUT2D eigenvalue weighted by Gasteiger charge is 2.14. The number of aromatic nitrogens is 2. The van der Waals surface area contributed by atoms with Crippen molar-refractivity contribution in [1.29, 1.82) is 0 Å². The highest BCUT2D eigenvalue weighted by Crippen LogP contribution is 2.20. The van der Waals surface area contributed by atoms with Gasteiger partial charge in [-0.1, -0.05) is 55.8 Å². The van der Waals surface area contributed by atoms with Crippen molar-refractivity contribution in [2.45, 2.75) is 33.7 Å². The molecular weight excluding hydrogens is 336 g/mol. The molecule has 1 aromatic heterocycles. The van der Waals surface area contributed by atoms with Crippen LogP contribution in [0.2, 0.25) is 0 Å². The van der Waals surface area contributed by atoms with Gasteiger partial charge >= 0.3 is 0 Å². The first-order chi connectivity index (χ1) is 13.1. The van der Waals surface area contributed by atoms with Crippen LogP contribution in [0.1, 0.15) is 25.0 Å². The van der Waals surface area contributed by atoms with E-state index in [2.05, 4.69) is 39.7 Å². The molecule has 1 N–H and O–H groups in total. The number of hydrogen-bond donors (Lipinski definition) is 1. The minimum absolute atomic E-state index is 0.0417. The minimum Gasteiger partial charge on any atom is -0.309 e. The van der Waals surface area contributed by atoms with Crippen LogP contribution in [0.5, 0.6) is 0 Å². The van der Waals surface area contributed by atoms with Gasteiger partial charge in [0.25, 0.3) is 0 Å². The zero-order chi connectivity index (χ0) is 19.2. The lowest BCUT2D eigenvalue weighted by molar-refractivity contribution is -0.115. The van der Waals surface area contributed by atoms with E-state index >= 15 is 0 Å². The fraction of sp³-hybridized carbons (Fsp3) is 0.364. The molecule has 2 aromatic carbocycles. The van der Waals surface area contributed by atoms with Crippen LogP contribution in [0.15, 0.2) is 48.5 Å². The predicted molar refractivity (Wildman–Crippen MR) is 111 cm³/mol. The molecule has 0 unspecified atom stereocenters. The molecule has 0 fully saturated rings. The van der Waals surface area contributed by atoms with Crippen LogP contribution < -0.4 is 5.32 Å². The average Bonchev–Trinajstić information content (AvgIpc) is 2.99. The number of fused-ring (bicyclic) bond motifs is 1. The normalized spacial score (nSPS) is 11.3. The molecule has 0 aliphatic heterocycles. The molecule has 5 nitrogen and oxygen atoms in total. The van der Waals surface area contributed by atoms with E-state index in [0.717, 1.165) is 48.3 Å². The Morgan fingerprint density at radius 1 is 1.11 bits per heavy atom. The lowest BCUT2D eigenvalue weighted by atomic mass is 10.1. The van der Waals surface area contributed by atoms with Gasteiger partial charge in [0.2, 0.25) is 11.9 Å². The number of anilines is 1. The van der Waals surface area contributed by atoms with E-state index < -0.39 is 0 Å². The van der Waals surface area contributed by atoms with Crippen molar-refractivity contribution in [3.05, 3.63) is 59.7 Å². The van der Waals surface area contributed by atoms with Crippen molar-refractivity contribution in [2.24, 2.45) is 0 Å². The smallest absolute Gasteiger partial charge is 0.231 e. The van der Waals surface area contributed by atoms with Crippen molar-refractivity contribution >= 4 is 22.9 Å². The molecule has 0 bridgehead atoms. The van der Waals surface area contributed by atoms with Crippen LogP contribution in [0.25, 0.3) is 11.0 Å². The summed E-state index contributed by atoms with van der Waals surface area (Å²) in [7, 11) is 0. The third-order valence-corrected chi connectivity index (χ3v) is 4.89. The third kappa shape index (κ3) is 4.74. The Balaban J connectivity index is 1.80. The fourth-order valence-corrected chi connectivity index (χ4v) is 3.35. The van der Waals surface area contributed by atoms with Gasteiger partial charge in [0.15, 0.2) is 0 Å². The van der Waals surface area contributed by atoms with Crippen molar-refractivity contribution in [2.75, 3.05) is 25.0 Å². The third-order valence-electron chi connectivity index (χ3n) is 4.89. The Morgan fingerprint density at radius 2 is 1.89 bits per heavy atom. The summed E-state index contributed by atoms with van der Waals surface area (Å²) in [6.07, 6.45) is 0.348. The van der Waals surface area contributed by atoms with Gasteiger partial charge in [-0.2, -0.15) is 0 Å². The number of aryl methyl sites for hydroxylation is 1. The maximum absolute atomic E-state index is 12.6. The van der Waals surface area contributed by atoms with Gasteiger partial charge in [-0.05, 0) is 37.7 Å². The lowest BCUT2D eigenvalue weighted by Crippen LogP contribution is -2.28. The van der Waals surface area contributed by atoms with Gasteiger partial charge in [0.05, 0.1) is 17.5 Å². The monoisotopic (exact) mass is 364 g/mol. The second kappa shape index (κ2) is 8.82. The Kier molecular flexibility index (Phi) is 6.24. The van der Waals surface area contributed by atoms with Crippen LogP contribution in [-0.2, 0) is 17.8 Å². The molecule has 0 spiro atoms. The minimum atomic E-state index is -0.0417. The number of carbonyl (C=O) groups excluding carboxylic acids is 1. The lowest BCUT2D eigenvalue weighted by Gasteiger charge is -2.19. The first kappa shape index (κ1) is 19.1. The number of benzene rings is 2. The SMILES string of the molecule is CCN(CC)CCn1c(NC(=O)Cc2cccc(C)c2)nc2ccccc21. The number of likely N-dealkylation sites (N-methyl/N-ethyl adjacent to an activating group) is 1. The number of amides is 1. The molecule has 142 valence electrons. The molecule has 3 aromatic rings. The van der Waals surface area contributed by atoms with E-state index in [1.807, 2.05) is 49.4 Å². The van der Waals surface area contributed by atoms with E-state index in [0.29, 0.717) is 12.4 Å². The van der Waals surface area contributed by atoms with Crippen LogP contribution in [0.4, 0.5) is 5.95 Å². The summed E-state index contributed by atoms with van der Waals surface area (Å²) < 4.78 is 2.11. The molecule has 27 heavy (non-hydrogen) atoms. The van der Waals surface area contributed by atoms with Crippen LogP contribution in [-0.4, -0.2) is 40.0 Å². The fourth-order valence-electron chi connectivity index (χ4n) is 3.35. The zero-order valence-corrected chi connectivity index (χ0v) is 16.4. The largest absolute Gasteiger partial charge is 0.309 e. The highest BCUT2D eigenvalue weighted by molar-refractivity contribution is 5.92. The molecule has 0 saturated carbocycles. The maximum atomic E-state index is 12.6. The van der Waals surface area contributed by atoms with Gasteiger partial charge in [-0.3, -0.25) is 10.1 Å². The second-order valence-corrected chi connectivity index (χ2v) is 6.82. The number of rotatable bonds is 8. The highest BCUT2D eigenvalue weighted by atomic mass is 16.1. The summed E-state index contributed by atoms with van der Waals surface area (Å²) in [4.78, 5) is 19.6. The topological polar surface area (TPSA) is 50.2 Å². The van der Waals surface area contributed by atoms with Gasteiger partial charge in [-0.25, -0.2) is 4.98 Å². The summed E-state index contributed by atoms with van der Waals surface area (Å²) >= 11 is 0. The molecule has 0 aliphatic carbocycles. The van der Waals surface area contributed by atoms with E-state index in [9.17, 15) is 4.79 Å². The van der Waals surface area contributed by atoms with Crippen molar-refractivity contribution < 1.29 is 4.79 Å². The molecule has 5 heteroatoms. The first-order valence-corrected chi connectivity index (χ1v) is 9.63. The summed E-state index contributed by atoms with van der Waals surface area (Å²) in [5, 5.41) is 3.02. The average molecular weight is 364 g/mol. The maximum Gasteiger partial charge on any atom is 0.231 e. The van der Waals surface area contributed by atoms with Crippen molar-refractivity contribution in [1.82, 2.24) is 14.5 Å². The van der Waals surface area contributed by atoms with Crippen LogP contribution in [0, 0.1) is 6.92 Å². The zero-order valence-electron chi connectivity index (χ0n) is 16.4. The molecule has 3 rings (SSSR count). The molecule has 1 heterocycles. The van der Waals surface area contributed by atoms with Gasteiger partial charge in [0.1, 0.15) is 0 Å². The number of hydrogen-bond acceptors (Lipinski definition) is 3. The second-order valence-electron chi connectivity index (χ2n) is 6.82. The summed E-state index contributed by atoms with van der Waals surface area (Å²) in [5.41, 5.74) is 4.13. The van der Waals surface area contributed by atoms with Crippen molar-refractivity contribution in [3.8, 4) is 0 Å². The van der Waals surface area contributed by atoms with E-state index in [4.69, 9.17) is 0 Å². The van der Waals surface area contributed by atoms with E-state index in [1.165, 1.54) is 0 Å². The quantitative estimate of drug-likeness (QED) is 0.660. The molecule has 0 saturated heterocycles. The van der Waals surface area contributed by atoms with E-state index in [1.54, 1.807) is 0 Å². The predicted octanol–water partition coefficient (Wildman–Crippen LogP) is 3.87. The first-order valence-electron chi connectivity index (χ1n) is 9.63. The summed E-state index contributed by atoms with van der Waals surface area (Å²) in [6.45, 7) is 10.1. The Bertz CT molecular complexity index is 912. The molecule has 1 amide bonds. The molecular formula is C22H28N4O. The molecule has 0 radical (unpaired) electrons. The van der Waals surface area contributed by atoms with Gasteiger partial charge in [-0.15, -0.1) is 0 Å². The number of nitrogens with one attached hydrogen (secondary N) is 1. The number of para-hydroxylation sites is 2. The number of nitrogens with zero attached hydrogens (tertiary/aromatic N) is 3. The Labute approximate surface area is 161 Å². The number of imidazole rings is 1. The Hall–Kier alpha value is -2.66. The van der Waals surface area contributed by atoms with Crippen LogP contribution >= 0.6 is 0 Å².